The van der Waals surface area contributed by atoms with Crippen molar-refractivity contribution in [3.63, 3.8) is 0 Å². The molecule has 16 heavy (non-hydrogen) atoms. The van der Waals surface area contributed by atoms with Crippen molar-refractivity contribution < 1.29 is 0 Å². The Labute approximate surface area is 102 Å². The third kappa shape index (κ3) is 2.97. The van der Waals surface area contributed by atoms with Gasteiger partial charge in [-0.05, 0) is 32.9 Å². The Morgan fingerprint density at radius 1 is 1.31 bits per heavy atom. The van der Waals surface area contributed by atoms with Crippen molar-refractivity contribution in [2.45, 2.75) is 32.9 Å². The number of aromatic nitrogens is 2. The van der Waals surface area contributed by atoms with Gasteiger partial charge in [0.25, 0.3) is 0 Å². The molecule has 0 fully saturated rings. The van der Waals surface area contributed by atoms with E-state index in [9.17, 15) is 0 Å². The molecule has 0 saturated carbocycles. The largest absolute Gasteiger partial charge is 0.306 e. The first-order chi connectivity index (χ1) is 7.06. The Bertz CT molecular complexity index is 456. The second-order valence-corrected chi connectivity index (χ2v) is 4.78. The van der Waals surface area contributed by atoms with Crippen LogP contribution in [0.3, 0.4) is 0 Å². The van der Waals surface area contributed by atoms with Gasteiger partial charge in [0.15, 0.2) is 0 Å². The highest BCUT2D eigenvalue weighted by molar-refractivity contribution is 5.85. The lowest BCUT2D eigenvalue weighted by molar-refractivity contribution is 0.420. The first-order valence-corrected chi connectivity index (χ1v) is 5.22. The molecule has 0 aromatic carbocycles. The second kappa shape index (κ2) is 4.85. The zero-order chi connectivity index (χ0) is 10.9. The van der Waals surface area contributed by atoms with E-state index in [-0.39, 0.29) is 17.9 Å². The molecule has 4 heteroatoms. The Morgan fingerprint density at radius 3 is 2.75 bits per heavy atom. The van der Waals surface area contributed by atoms with E-state index in [1.807, 2.05) is 30.6 Å². The van der Waals surface area contributed by atoms with Crippen molar-refractivity contribution in [3.05, 3.63) is 36.3 Å². The Balaban J connectivity index is 0.00000128. The molecule has 0 aliphatic rings. The molecule has 2 heterocycles. The number of pyridine rings is 1. The highest BCUT2D eigenvalue weighted by Gasteiger charge is 2.10. The fourth-order valence-corrected chi connectivity index (χ4v) is 1.47. The summed E-state index contributed by atoms with van der Waals surface area (Å²) in [5.41, 5.74) is 2.34. The van der Waals surface area contributed by atoms with E-state index in [1.165, 1.54) is 5.69 Å². The van der Waals surface area contributed by atoms with Gasteiger partial charge < -0.3 is 9.72 Å². The van der Waals surface area contributed by atoms with Crippen molar-refractivity contribution in [2.75, 3.05) is 0 Å². The number of imidazole rings is 1. The van der Waals surface area contributed by atoms with E-state index in [1.54, 1.807) is 0 Å². The van der Waals surface area contributed by atoms with Crippen LogP contribution in [0.5, 0.6) is 0 Å². The lowest BCUT2D eigenvalue weighted by Gasteiger charge is -2.20. The Morgan fingerprint density at radius 2 is 2.06 bits per heavy atom. The topological polar surface area (TPSA) is 29.3 Å². The molecule has 0 radical (unpaired) electrons. The zero-order valence-corrected chi connectivity index (χ0v) is 10.7. The maximum absolute atomic E-state index is 4.34. The molecule has 0 saturated heterocycles. The standard InChI is InChI=1S/C12H17N3.ClH/c1-12(2,3)14-9-10-8-13-11-6-4-5-7-15(10)11;/h4-8,14H,9H2,1-3H3;1H. The van der Waals surface area contributed by atoms with E-state index in [0.717, 1.165) is 12.2 Å². The van der Waals surface area contributed by atoms with Crippen LogP contribution in [-0.4, -0.2) is 14.9 Å². The predicted octanol–water partition coefficient (Wildman–Crippen LogP) is 2.64. The number of halogens is 1. The van der Waals surface area contributed by atoms with E-state index in [0.29, 0.717) is 0 Å². The van der Waals surface area contributed by atoms with E-state index >= 15 is 0 Å². The number of hydrogen-bond acceptors (Lipinski definition) is 2. The van der Waals surface area contributed by atoms with Gasteiger partial charge in [-0.25, -0.2) is 4.98 Å². The lowest BCUT2D eigenvalue weighted by atomic mass is 10.1. The van der Waals surface area contributed by atoms with Gasteiger partial charge in [-0.15, -0.1) is 12.4 Å². The van der Waals surface area contributed by atoms with Gasteiger partial charge in [0.2, 0.25) is 0 Å². The fourth-order valence-electron chi connectivity index (χ4n) is 1.47. The van der Waals surface area contributed by atoms with E-state index in [2.05, 4.69) is 35.5 Å². The summed E-state index contributed by atoms with van der Waals surface area (Å²) in [6.07, 6.45) is 3.97. The van der Waals surface area contributed by atoms with Crippen LogP contribution in [-0.2, 0) is 6.54 Å². The molecule has 2 aromatic rings. The Hall–Kier alpha value is -1.06. The molecule has 1 N–H and O–H groups in total. The molecule has 0 unspecified atom stereocenters. The minimum atomic E-state index is 0. The van der Waals surface area contributed by atoms with Crippen molar-refractivity contribution >= 4 is 18.1 Å². The lowest BCUT2D eigenvalue weighted by Crippen LogP contribution is -2.35. The van der Waals surface area contributed by atoms with Crippen molar-refractivity contribution in [2.24, 2.45) is 0 Å². The molecule has 2 aromatic heterocycles. The summed E-state index contributed by atoms with van der Waals surface area (Å²) in [6.45, 7) is 7.33. The number of nitrogens with zero attached hydrogens (tertiary/aromatic N) is 2. The molecular weight excluding hydrogens is 222 g/mol. The monoisotopic (exact) mass is 239 g/mol. The van der Waals surface area contributed by atoms with Crippen LogP contribution in [0.4, 0.5) is 0 Å². The van der Waals surface area contributed by atoms with Crippen molar-refractivity contribution in [3.8, 4) is 0 Å². The molecule has 0 aliphatic carbocycles. The Kier molecular flexibility index (Phi) is 3.94. The van der Waals surface area contributed by atoms with Gasteiger partial charge in [-0.2, -0.15) is 0 Å². The van der Waals surface area contributed by atoms with Crippen LogP contribution in [0.15, 0.2) is 30.6 Å². The van der Waals surface area contributed by atoms with Crippen molar-refractivity contribution in [1.29, 1.82) is 0 Å². The first kappa shape index (κ1) is 13.0. The van der Waals surface area contributed by atoms with Crippen LogP contribution >= 0.6 is 12.4 Å². The maximum atomic E-state index is 4.34. The summed E-state index contributed by atoms with van der Waals surface area (Å²) in [4.78, 5) is 4.34. The molecule has 0 spiro atoms. The van der Waals surface area contributed by atoms with Gasteiger partial charge in [-0.3, -0.25) is 0 Å². The maximum Gasteiger partial charge on any atom is 0.136 e. The normalized spacial score (nSPS) is 11.4. The number of hydrogen-bond donors (Lipinski definition) is 1. The summed E-state index contributed by atoms with van der Waals surface area (Å²) in [5.74, 6) is 0. The van der Waals surface area contributed by atoms with Gasteiger partial charge in [0.05, 0.1) is 11.9 Å². The van der Waals surface area contributed by atoms with E-state index in [4.69, 9.17) is 0 Å². The van der Waals surface area contributed by atoms with Gasteiger partial charge in [0.1, 0.15) is 5.65 Å². The molecule has 0 aliphatic heterocycles. The quantitative estimate of drug-likeness (QED) is 0.873. The van der Waals surface area contributed by atoms with Gasteiger partial charge >= 0.3 is 0 Å². The van der Waals surface area contributed by atoms with Crippen LogP contribution in [0.25, 0.3) is 5.65 Å². The summed E-state index contributed by atoms with van der Waals surface area (Å²) in [6, 6.07) is 6.04. The number of rotatable bonds is 2. The molecule has 3 nitrogen and oxygen atoms in total. The van der Waals surface area contributed by atoms with Crippen molar-refractivity contribution in [1.82, 2.24) is 14.7 Å². The molecule has 0 atom stereocenters. The summed E-state index contributed by atoms with van der Waals surface area (Å²) in [5, 5.41) is 3.46. The predicted molar refractivity (Wildman–Crippen MR) is 69.0 cm³/mol. The minimum Gasteiger partial charge on any atom is -0.306 e. The second-order valence-electron chi connectivity index (χ2n) is 4.78. The molecule has 88 valence electrons. The minimum absolute atomic E-state index is 0. The smallest absolute Gasteiger partial charge is 0.136 e. The average molecular weight is 240 g/mol. The zero-order valence-electron chi connectivity index (χ0n) is 9.90. The summed E-state index contributed by atoms with van der Waals surface area (Å²) < 4.78 is 2.11. The SMILES string of the molecule is CC(C)(C)NCc1cnc2ccccn12.Cl. The fraction of sp³-hybridized carbons (Fsp3) is 0.417. The van der Waals surface area contributed by atoms with Gasteiger partial charge in [-0.1, -0.05) is 6.07 Å². The van der Waals surface area contributed by atoms with Crippen LogP contribution in [0.2, 0.25) is 0 Å². The van der Waals surface area contributed by atoms with Gasteiger partial charge in [0, 0.05) is 18.3 Å². The average Bonchev–Trinajstić information content (AvgIpc) is 2.57. The third-order valence-corrected chi connectivity index (χ3v) is 2.29. The summed E-state index contributed by atoms with van der Waals surface area (Å²) >= 11 is 0. The number of nitrogens with one attached hydrogen (secondary N) is 1. The number of fused-ring (bicyclic) bond motifs is 1. The summed E-state index contributed by atoms with van der Waals surface area (Å²) in [7, 11) is 0. The van der Waals surface area contributed by atoms with Crippen LogP contribution < -0.4 is 5.32 Å². The van der Waals surface area contributed by atoms with Crippen LogP contribution in [0.1, 0.15) is 26.5 Å². The molecular formula is C12H18ClN3. The van der Waals surface area contributed by atoms with E-state index < -0.39 is 0 Å². The highest BCUT2D eigenvalue weighted by Crippen LogP contribution is 2.07. The highest BCUT2D eigenvalue weighted by atomic mass is 35.5. The third-order valence-electron chi connectivity index (χ3n) is 2.29. The molecule has 2 rings (SSSR count). The first-order valence-electron chi connectivity index (χ1n) is 5.22. The molecule has 0 bridgehead atoms. The van der Waals surface area contributed by atoms with Crippen LogP contribution in [0, 0.1) is 0 Å². The molecule has 0 amide bonds.